The van der Waals surface area contributed by atoms with Gasteiger partial charge in [-0.2, -0.15) is 13.2 Å². The highest BCUT2D eigenvalue weighted by Crippen LogP contribution is 2.48. The number of alkyl halides is 3. The van der Waals surface area contributed by atoms with Crippen LogP contribution in [0.2, 0.25) is 0 Å². The maximum absolute atomic E-state index is 12.7. The first-order valence-electron chi connectivity index (χ1n) is 5.92. The van der Waals surface area contributed by atoms with Gasteiger partial charge in [0.1, 0.15) is 5.75 Å². The number of hydrogen-bond acceptors (Lipinski definition) is 2. The maximum Gasteiger partial charge on any atom is 0.419 e. The summed E-state index contributed by atoms with van der Waals surface area (Å²) < 4.78 is 38.2. The highest BCUT2D eigenvalue weighted by Gasteiger charge is 2.46. The maximum atomic E-state index is 12.7. The molecule has 19 heavy (non-hydrogen) atoms. The lowest BCUT2D eigenvalue weighted by Gasteiger charge is -2.26. The Hall–Kier alpha value is -1.72. The zero-order chi connectivity index (χ0) is 14.3. The Morgan fingerprint density at radius 1 is 1.21 bits per heavy atom. The monoisotopic (exact) mass is 274 g/mol. The molecule has 104 valence electrons. The molecule has 0 heterocycles. The average molecular weight is 274 g/mol. The smallest absolute Gasteiger partial charge is 0.419 e. The Kier molecular flexibility index (Phi) is 3.20. The Balaban J connectivity index is 2.60. The van der Waals surface area contributed by atoms with E-state index in [2.05, 4.69) is 0 Å². The molecular weight excluding hydrogens is 261 g/mol. The van der Waals surface area contributed by atoms with Gasteiger partial charge in [-0.05, 0) is 18.9 Å². The second kappa shape index (κ2) is 4.43. The summed E-state index contributed by atoms with van der Waals surface area (Å²) in [6, 6.07) is 3.16. The topological polar surface area (TPSA) is 57.5 Å². The first-order chi connectivity index (χ1) is 8.79. The fourth-order valence-electron chi connectivity index (χ4n) is 2.74. The molecule has 0 amide bonds. The minimum absolute atomic E-state index is 0.132. The predicted molar refractivity (Wildman–Crippen MR) is 60.9 cm³/mol. The van der Waals surface area contributed by atoms with Crippen molar-refractivity contribution in [2.75, 3.05) is 0 Å². The van der Waals surface area contributed by atoms with Gasteiger partial charge in [0.2, 0.25) is 0 Å². The second-order valence-corrected chi connectivity index (χ2v) is 4.79. The molecule has 6 heteroatoms. The SMILES string of the molecule is O=C(O)C1(c2cccc(C(F)(F)F)c2O)CCCC1. The van der Waals surface area contributed by atoms with Crippen molar-refractivity contribution in [2.24, 2.45) is 0 Å². The predicted octanol–water partition coefficient (Wildman–Crippen LogP) is 3.31. The van der Waals surface area contributed by atoms with E-state index in [0.717, 1.165) is 12.1 Å². The van der Waals surface area contributed by atoms with Crippen molar-refractivity contribution in [1.82, 2.24) is 0 Å². The highest BCUT2D eigenvalue weighted by molar-refractivity contribution is 5.83. The van der Waals surface area contributed by atoms with E-state index in [-0.39, 0.29) is 18.4 Å². The van der Waals surface area contributed by atoms with E-state index in [1.807, 2.05) is 0 Å². The number of carboxylic acids is 1. The summed E-state index contributed by atoms with van der Waals surface area (Å²) in [5, 5.41) is 19.2. The van der Waals surface area contributed by atoms with Gasteiger partial charge in [0.15, 0.2) is 0 Å². The first kappa shape index (κ1) is 13.7. The van der Waals surface area contributed by atoms with Crippen LogP contribution in [0.1, 0.15) is 36.8 Å². The van der Waals surface area contributed by atoms with Crippen LogP contribution in [0.5, 0.6) is 5.75 Å². The van der Waals surface area contributed by atoms with Gasteiger partial charge in [-0.25, -0.2) is 0 Å². The Labute approximate surface area is 107 Å². The summed E-state index contributed by atoms with van der Waals surface area (Å²) in [5.74, 6) is -2.14. The van der Waals surface area contributed by atoms with Crippen LogP contribution < -0.4 is 0 Å². The zero-order valence-corrected chi connectivity index (χ0v) is 10.00. The minimum atomic E-state index is -4.70. The van der Waals surface area contributed by atoms with Crippen molar-refractivity contribution in [3.05, 3.63) is 29.3 Å². The van der Waals surface area contributed by atoms with Crippen molar-refractivity contribution in [3.63, 3.8) is 0 Å². The van der Waals surface area contributed by atoms with Crippen LogP contribution in [0.25, 0.3) is 0 Å². The molecule has 2 rings (SSSR count). The molecule has 1 fully saturated rings. The van der Waals surface area contributed by atoms with Gasteiger partial charge in [0, 0.05) is 5.56 Å². The normalized spacial score (nSPS) is 18.5. The minimum Gasteiger partial charge on any atom is -0.507 e. The van der Waals surface area contributed by atoms with E-state index in [1.165, 1.54) is 6.07 Å². The molecule has 0 bridgehead atoms. The third kappa shape index (κ3) is 2.15. The largest absolute Gasteiger partial charge is 0.507 e. The Morgan fingerprint density at radius 2 is 1.79 bits per heavy atom. The summed E-state index contributed by atoms with van der Waals surface area (Å²) in [7, 11) is 0. The molecule has 1 aliphatic rings. The van der Waals surface area contributed by atoms with Crippen molar-refractivity contribution >= 4 is 5.97 Å². The van der Waals surface area contributed by atoms with Crippen molar-refractivity contribution in [3.8, 4) is 5.75 Å². The van der Waals surface area contributed by atoms with E-state index in [1.54, 1.807) is 0 Å². The van der Waals surface area contributed by atoms with E-state index < -0.39 is 28.9 Å². The van der Waals surface area contributed by atoms with Gasteiger partial charge in [0.05, 0.1) is 11.0 Å². The Bertz CT molecular complexity index is 502. The van der Waals surface area contributed by atoms with E-state index >= 15 is 0 Å². The molecule has 1 saturated carbocycles. The molecule has 1 aromatic rings. The fraction of sp³-hybridized carbons (Fsp3) is 0.462. The van der Waals surface area contributed by atoms with E-state index in [4.69, 9.17) is 0 Å². The lowest BCUT2D eigenvalue weighted by molar-refractivity contribution is -0.144. The van der Waals surface area contributed by atoms with E-state index in [9.17, 15) is 28.2 Å². The highest BCUT2D eigenvalue weighted by atomic mass is 19.4. The standard InChI is InChI=1S/C13H13F3O3/c14-13(15,16)9-5-3-4-8(10(9)17)12(11(18)19)6-1-2-7-12/h3-5,17H,1-2,6-7H2,(H,18,19). The average Bonchev–Trinajstić information content (AvgIpc) is 2.77. The third-order valence-electron chi connectivity index (χ3n) is 3.72. The number of aromatic hydroxyl groups is 1. The van der Waals surface area contributed by atoms with Gasteiger partial charge in [-0.3, -0.25) is 4.79 Å². The molecule has 1 aromatic carbocycles. The number of benzene rings is 1. The van der Waals surface area contributed by atoms with Crippen LogP contribution >= 0.6 is 0 Å². The van der Waals surface area contributed by atoms with Crippen LogP contribution in [0.15, 0.2) is 18.2 Å². The number of phenolic OH excluding ortho intramolecular Hbond substituents is 1. The summed E-state index contributed by atoms with van der Waals surface area (Å²) in [4.78, 5) is 11.4. The second-order valence-electron chi connectivity index (χ2n) is 4.79. The summed E-state index contributed by atoms with van der Waals surface area (Å²) in [6.07, 6.45) is -2.95. The van der Waals surface area contributed by atoms with Gasteiger partial charge in [0.25, 0.3) is 0 Å². The Morgan fingerprint density at radius 3 is 2.26 bits per heavy atom. The molecule has 0 saturated heterocycles. The molecule has 0 atom stereocenters. The van der Waals surface area contributed by atoms with Crippen molar-refractivity contribution < 1.29 is 28.2 Å². The molecule has 0 spiro atoms. The van der Waals surface area contributed by atoms with Gasteiger partial charge >= 0.3 is 12.1 Å². The van der Waals surface area contributed by atoms with Gasteiger partial charge in [-0.15, -0.1) is 0 Å². The van der Waals surface area contributed by atoms with Crippen LogP contribution in [-0.4, -0.2) is 16.2 Å². The molecule has 0 aliphatic heterocycles. The molecule has 1 aliphatic carbocycles. The third-order valence-corrected chi connectivity index (χ3v) is 3.72. The van der Waals surface area contributed by atoms with Crippen LogP contribution in [0, 0.1) is 0 Å². The molecule has 0 unspecified atom stereocenters. The molecule has 2 N–H and O–H groups in total. The number of hydrogen-bond donors (Lipinski definition) is 2. The van der Waals surface area contributed by atoms with Gasteiger partial charge in [-0.1, -0.05) is 25.0 Å². The number of rotatable bonds is 2. The summed E-state index contributed by atoms with van der Waals surface area (Å²) in [6.45, 7) is 0. The lowest BCUT2D eigenvalue weighted by atomic mass is 9.77. The number of para-hydroxylation sites is 1. The number of carboxylic acid groups (broad SMARTS) is 1. The molecule has 0 aromatic heterocycles. The first-order valence-corrected chi connectivity index (χ1v) is 5.92. The number of carbonyl (C=O) groups is 1. The number of phenols is 1. The van der Waals surface area contributed by atoms with Crippen LogP contribution in [0.4, 0.5) is 13.2 Å². The van der Waals surface area contributed by atoms with Crippen LogP contribution in [0.3, 0.4) is 0 Å². The van der Waals surface area contributed by atoms with Gasteiger partial charge < -0.3 is 10.2 Å². The van der Waals surface area contributed by atoms with E-state index in [0.29, 0.717) is 12.8 Å². The number of aliphatic carboxylic acids is 1. The molecule has 3 nitrogen and oxygen atoms in total. The van der Waals surface area contributed by atoms with Crippen molar-refractivity contribution in [2.45, 2.75) is 37.3 Å². The summed E-state index contributed by atoms with van der Waals surface area (Å²) in [5.41, 5.74) is -2.71. The van der Waals surface area contributed by atoms with Crippen molar-refractivity contribution in [1.29, 1.82) is 0 Å². The molecule has 0 radical (unpaired) electrons. The quantitative estimate of drug-likeness (QED) is 0.869. The summed E-state index contributed by atoms with van der Waals surface area (Å²) >= 11 is 0. The number of halogens is 3. The van der Waals surface area contributed by atoms with Crippen LogP contribution in [-0.2, 0) is 16.4 Å². The lowest BCUT2D eigenvalue weighted by Crippen LogP contribution is -2.33. The molecular formula is C13H13F3O3. The zero-order valence-electron chi connectivity index (χ0n) is 10.00. The fourth-order valence-corrected chi connectivity index (χ4v) is 2.74.